The molecule has 0 saturated carbocycles. The van der Waals surface area contributed by atoms with Crippen LogP contribution in [0.4, 0.5) is 13.2 Å². The quantitative estimate of drug-likeness (QED) is 0.379. The first-order chi connectivity index (χ1) is 18.4. The molecule has 0 spiro atoms. The molecule has 1 aromatic heterocycles. The molecule has 3 heterocycles. The number of amides is 1. The van der Waals surface area contributed by atoms with Crippen molar-refractivity contribution in [1.29, 1.82) is 5.26 Å². The first kappa shape index (κ1) is 27.2. The molecular weight excluding hydrogens is 549 g/mol. The summed E-state index contributed by atoms with van der Waals surface area (Å²) in [6, 6.07) is 10.7. The number of thioether (sulfide) groups is 1. The monoisotopic (exact) mass is 572 g/mol. The SMILES string of the molecule is CN1CCN(C2=NC(=O)C(=Cc3ccc4c(c3)c(C#N)nn4Cc3ccc(Cl)cc3C(F)(F)F)S2)CC1(C)C. The number of rotatable bonds is 3. The normalized spacial score (nSPS) is 19.1. The molecule has 3 aromatic rings. The number of amidine groups is 1. The van der Waals surface area contributed by atoms with E-state index in [9.17, 15) is 23.2 Å². The summed E-state index contributed by atoms with van der Waals surface area (Å²) in [5, 5.41) is 15.1. The standard InChI is InChI=1S/C27H24ClF3N6OS/c1-26(2)15-36(9-8-35(26)3)25-33-24(38)23(39-25)11-16-4-7-22-19(10-16)21(13-32)34-37(22)14-17-5-6-18(28)12-20(17)27(29,30)31/h4-7,10-12H,8-9,14-15H2,1-3H3. The number of hydrogen-bond acceptors (Lipinski definition) is 6. The molecule has 7 nitrogen and oxygen atoms in total. The molecule has 5 rings (SSSR count). The lowest BCUT2D eigenvalue weighted by Gasteiger charge is -2.45. The highest BCUT2D eigenvalue weighted by Crippen LogP contribution is 2.36. The summed E-state index contributed by atoms with van der Waals surface area (Å²) in [5.74, 6) is -0.328. The van der Waals surface area contributed by atoms with E-state index in [2.05, 4.69) is 40.8 Å². The number of likely N-dealkylation sites (N-methyl/N-ethyl adjacent to an activating group) is 1. The first-order valence-corrected chi connectivity index (χ1v) is 13.3. The van der Waals surface area contributed by atoms with Gasteiger partial charge in [-0.3, -0.25) is 14.4 Å². The second-order valence-electron chi connectivity index (χ2n) is 10.2. The highest BCUT2D eigenvalue weighted by atomic mass is 35.5. The first-order valence-electron chi connectivity index (χ1n) is 12.1. The summed E-state index contributed by atoms with van der Waals surface area (Å²) in [6.07, 6.45) is -2.88. The van der Waals surface area contributed by atoms with E-state index in [4.69, 9.17) is 11.6 Å². The average Bonchev–Trinajstić information content (AvgIpc) is 3.40. The lowest BCUT2D eigenvalue weighted by Crippen LogP contribution is -2.58. The predicted octanol–water partition coefficient (Wildman–Crippen LogP) is 5.62. The van der Waals surface area contributed by atoms with Crippen LogP contribution in [-0.4, -0.2) is 62.9 Å². The molecule has 39 heavy (non-hydrogen) atoms. The van der Waals surface area contributed by atoms with Gasteiger partial charge in [0, 0.05) is 35.6 Å². The predicted molar refractivity (Wildman–Crippen MR) is 146 cm³/mol. The minimum Gasteiger partial charge on any atom is -0.348 e. The Bertz CT molecular complexity index is 1590. The van der Waals surface area contributed by atoms with Gasteiger partial charge < -0.3 is 4.90 Å². The molecule has 1 amide bonds. The van der Waals surface area contributed by atoms with Crippen molar-refractivity contribution in [2.24, 2.45) is 4.99 Å². The zero-order valence-corrected chi connectivity index (χ0v) is 23.0. The second kappa shape index (κ2) is 10.0. The van der Waals surface area contributed by atoms with Crippen molar-refractivity contribution in [1.82, 2.24) is 19.6 Å². The van der Waals surface area contributed by atoms with Crippen LogP contribution in [0.2, 0.25) is 5.02 Å². The molecule has 2 aliphatic rings. The van der Waals surface area contributed by atoms with Crippen LogP contribution in [0.3, 0.4) is 0 Å². The van der Waals surface area contributed by atoms with E-state index >= 15 is 0 Å². The number of aliphatic imine (C=N–C) groups is 1. The number of hydrogen-bond donors (Lipinski definition) is 0. The van der Waals surface area contributed by atoms with Gasteiger partial charge in [-0.05, 0) is 74.1 Å². The highest BCUT2D eigenvalue weighted by molar-refractivity contribution is 8.18. The van der Waals surface area contributed by atoms with Gasteiger partial charge in [-0.25, -0.2) is 0 Å². The maximum atomic E-state index is 13.6. The summed E-state index contributed by atoms with van der Waals surface area (Å²) in [7, 11) is 2.08. The van der Waals surface area contributed by atoms with E-state index in [0.717, 1.165) is 25.7 Å². The topological polar surface area (TPSA) is 77.5 Å². The van der Waals surface area contributed by atoms with E-state index < -0.39 is 11.7 Å². The summed E-state index contributed by atoms with van der Waals surface area (Å²) >= 11 is 7.12. The lowest BCUT2D eigenvalue weighted by atomic mass is 10.0. The van der Waals surface area contributed by atoms with Crippen LogP contribution in [-0.2, 0) is 17.5 Å². The number of benzene rings is 2. The van der Waals surface area contributed by atoms with Crippen LogP contribution in [0.15, 0.2) is 46.3 Å². The van der Waals surface area contributed by atoms with Crippen molar-refractivity contribution in [3.63, 3.8) is 0 Å². The number of aromatic nitrogens is 2. The van der Waals surface area contributed by atoms with E-state index in [1.165, 1.54) is 28.6 Å². The summed E-state index contributed by atoms with van der Waals surface area (Å²) in [6.45, 7) is 6.48. The number of piperazine rings is 1. The molecule has 202 valence electrons. The fourth-order valence-corrected chi connectivity index (χ4v) is 5.80. The van der Waals surface area contributed by atoms with Crippen molar-refractivity contribution < 1.29 is 18.0 Å². The number of halogens is 4. The molecule has 1 fully saturated rings. The third-order valence-corrected chi connectivity index (χ3v) is 8.35. The number of nitrogens with zero attached hydrogens (tertiary/aromatic N) is 6. The van der Waals surface area contributed by atoms with Crippen molar-refractivity contribution in [2.45, 2.75) is 32.1 Å². The van der Waals surface area contributed by atoms with Crippen molar-refractivity contribution in [2.75, 3.05) is 26.7 Å². The Kier molecular flexibility index (Phi) is 6.99. The maximum Gasteiger partial charge on any atom is 0.416 e. The molecule has 0 atom stereocenters. The lowest BCUT2D eigenvalue weighted by molar-refractivity contribution is -0.138. The van der Waals surface area contributed by atoms with Gasteiger partial charge in [0.15, 0.2) is 10.9 Å². The van der Waals surface area contributed by atoms with Gasteiger partial charge in [0.05, 0.1) is 22.5 Å². The van der Waals surface area contributed by atoms with Crippen molar-refractivity contribution >= 4 is 51.4 Å². The third-order valence-electron chi connectivity index (χ3n) is 7.07. The van der Waals surface area contributed by atoms with Gasteiger partial charge in [-0.1, -0.05) is 23.7 Å². The van der Waals surface area contributed by atoms with Gasteiger partial charge in [0.25, 0.3) is 5.91 Å². The molecular formula is C27H24ClF3N6OS. The van der Waals surface area contributed by atoms with Gasteiger partial charge in [0.1, 0.15) is 6.07 Å². The summed E-state index contributed by atoms with van der Waals surface area (Å²) in [5.41, 5.74) is 0.315. The molecule has 0 aliphatic carbocycles. The van der Waals surface area contributed by atoms with Crippen LogP contribution in [0.1, 0.15) is 36.2 Å². The number of carbonyl (C=O) groups is 1. The van der Waals surface area contributed by atoms with E-state index in [0.29, 0.717) is 26.5 Å². The second-order valence-corrected chi connectivity index (χ2v) is 11.6. The average molecular weight is 573 g/mol. The molecule has 0 bridgehead atoms. The Balaban J connectivity index is 1.42. The Morgan fingerprint density at radius 2 is 1.97 bits per heavy atom. The largest absolute Gasteiger partial charge is 0.416 e. The van der Waals surface area contributed by atoms with E-state index in [-0.39, 0.29) is 34.3 Å². The van der Waals surface area contributed by atoms with E-state index in [1.54, 1.807) is 24.3 Å². The maximum absolute atomic E-state index is 13.6. The highest BCUT2D eigenvalue weighted by Gasteiger charge is 2.36. The molecule has 0 radical (unpaired) electrons. The third kappa shape index (κ3) is 5.41. The Morgan fingerprint density at radius 3 is 2.67 bits per heavy atom. The molecule has 12 heteroatoms. The van der Waals surface area contributed by atoms with Gasteiger partial charge in [0.2, 0.25) is 0 Å². The van der Waals surface area contributed by atoms with Crippen molar-refractivity contribution in [3.05, 3.63) is 68.7 Å². The fraction of sp³-hybridized carbons (Fsp3) is 0.333. The smallest absolute Gasteiger partial charge is 0.348 e. The Hall–Kier alpha value is -3.33. The molecule has 0 unspecified atom stereocenters. The molecule has 1 saturated heterocycles. The molecule has 2 aromatic carbocycles. The van der Waals surface area contributed by atoms with Gasteiger partial charge in [-0.2, -0.15) is 28.5 Å². The zero-order valence-electron chi connectivity index (χ0n) is 21.4. The van der Waals surface area contributed by atoms with E-state index in [1.807, 2.05) is 6.07 Å². The minimum atomic E-state index is -4.59. The van der Waals surface area contributed by atoms with Crippen LogP contribution in [0, 0.1) is 11.3 Å². The number of fused-ring (bicyclic) bond motifs is 1. The number of carbonyl (C=O) groups excluding carboxylic acids is 1. The van der Waals surface area contributed by atoms with Crippen molar-refractivity contribution in [3.8, 4) is 6.07 Å². The Morgan fingerprint density at radius 1 is 1.21 bits per heavy atom. The number of nitriles is 1. The van der Waals surface area contributed by atoms with Crippen LogP contribution < -0.4 is 0 Å². The van der Waals surface area contributed by atoms with Crippen LogP contribution in [0.25, 0.3) is 17.0 Å². The molecule has 2 aliphatic heterocycles. The van der Waals surface area contributed by atoms with Crippen LogP contribution >= 0.6 is 23.4 Å². The number of alkyl halides is 3. The Labute approximate surface area is 232 Å². The summed E-state index contributed by atoms with van der Waals surface area (Å²) < 4.78 is 42.2. The summed E-state index contributed by atoms with van der Waals surface area (Å²) in [4.78, 5) is 21.8. The zero-order chi connectivity index (χ0) is 28.1. The minimum absolute atomic E-state index is 0.0169. The fourth-order valence-electron chi connectivity index (χ4n) is 4.69. The van der Waals surface area contributed by atoms with Gasteiger partial charge >= 0.3 is 6.18 Å². The van der Waals surface area contributed by atoms with Crippen LogP contribution in [0.5, 0.6) is 0 Å². The van der Waals surface area contributed by atoms with Gasteiger partial charge in [-0.15, -0.1) is 0 Å². The molecule has 0 N–H and O–H groups in total.